The van der Waals surface area contributed by atoms with Gasteiger partial charge in [-0.05, 0) is 11.1 Å². The SMILES string of the molecule is C=CCN(Cc1ccccc1)C(C(=O)NC)c1ccccc1. The first-order chi connectivity index (χ1) is 10.8. The Morgan fingerprint density at radius 2 is 1.73 bits per heavy atom. The standard InChI is InChI=1S/C19H22N2O/c1-3-14-21(15-16-10-6-4-7-11-16)18(19(22)20-2)17-12-8-5-9-13-17/h3-13,18H,1,14-15H2,2H3,(H,20,22). The molecule has 22 heavy (non-hydrogen) atoms. The van der Waals surface area contributed by atoms with Crippen LogP contribution < -0.4 is 5.32 Å². The molecular formula is C19H22N2O. The van der Waals surface area contributed by atoms with Crippen molar-refractivity contribution in [2.45, 2.75) is 12.6 Å². The minimum absolute atomic E-state index is 0.0102. The summed E-state index contributed by atoms with van der Waals surface area (Å²) >= 11 is 0. The van der Waals surface area contributed by atoms with Crippen LogP contribution in [-0.4, -0.2) is 24.4 Å². The van der Waals surface area contributed by atoms with E-state index in [4.69, 9.17) is 0 Å². The minimum atomic E-state index is -0.329. The fourth-order valence-electron chi connectivity index (χ4n) is 2.55. The predicted molar refractivity (Wildman–Crippen MR) is 90.3 cm³/mol. The van der Waals surface area contributed by atoms with Gasteiger partial charge in [-0.15, -0.1) is 6.58 Å². The van der Waals surface area contributed by atoms with Crippen LogP contribution in [0.5, 0.6) is 0 Å². The molecular weight excluding hydrogens is 272 g/mol. The third-order valence-corrected chi connectivity index (χ3v) is 3.57. The fourth-order valence-corrected chi connectivity index (χ4v) is 2.55. The Morgan fingerprint density at radius 3 is 2.27 bits per heavy atom. The number of rotatable bonds is 7. The maximum atomic E-state index is 12.4. The maximum Gasteiger partial charge on any atom is 0.241 e. The molecule has 0 spiro atoms. The van der Waals surface area contributed by atoms with Crippen LogP contribution in [0, 0.1) is 0 Å². The van der Waals surface area contributed by atoms with Crippen LogP contribution in [0.25, 0.3) is 0 Å². The van der Waals surface area contributed by atoms with Crippen LogP contribution in [0.2, 0.25) is 0 Å². The topological polar surface area (TPSA) is 32.3 Å². The lowest BCUT2D eigenvalue weighted by atomic mass is 10.0. The second kappa shape index (κ2) is 8.15. The zero-order valence-corrected chi connectivity index (χ0v) is 12.9. The zero-order valence-electron chi connectivity index (χ0n) is 12.9. The predicted octanol–water partition coefficient (Wildman–Crippen LogP) is 3.16. The molecule has 3 nitrogen and oxygen atoms in total. The molecule has 0 saturated heterocycles. The van der Waals surface area contributed by atoms with Crippen LogP contribution in [0.4, 0.5) is 0 Å². The number of hydrogen-bond donors (Lipinski definition) is 1. The highest BCUT2D eigenvalue weighted by Crippen LogP contribution is 2.23. The van der Waals surface area contributed by atoms with Gasteiger partial charge < -0.3 is 5.32 Å². The number of amides is 1. The summed E-state index contributed by atoms with van der Waals surface area (Å²) in [5, 5.41) is 2.77. The Hall–Kier alpha value is -2.39. The van der Waals surface area contributed by atoms with Crippen LogP contribution in [0.15, 0.2) is 73.3 Å². The van der Waals surface area contributed by atoms with Crippen molar-refractivity contribution >= 4 is 5.91 Å². The van der Waals surface area contributed by atoms with Crippen molar-refractivity contribution in [3.8, 4) is 0 Å². The number of benzene rings is 2. The summed E-state index contributed by atoms with van der Waals surface area (Å²) in [6, 6.07) is 19.7. The van der Waals surface area contributed by atoms with E-state index in [0.29, 0.717) is 13.1 Å². The smallest absolute Gasteiger partial charge is 0.241 e. The van der Waals surface area contributed by atoms with Crippen molar-refractivity contribution < 1.29 is 4.79 Å². The summed E-state index contributed by atoms with van der Waals surface area (Å²) in [6.45, 7) is 5.17. The molecule has 0 heterocycles. The van der Waals surface area contributed by atoms with Gasteiger partial charge in [-0.25, -0.2) is 0 Å². The van der Waals surface area contributed by atoms with Crippen molar-refractivity contribution in [1.82, 2.24) is 10.2 Å². The molecule has 0 aliphatic heterocycles. The minimum Gasteiger partial charge on any atom is -0.358 e. The van der Waals surface area contributed by atoms with Gasteiger partial charge in [-0.3, -0.25) is 9.69 Å². The van der Waals surface area contributed by atoms with Crippen molar-refractivity contribution in [2.75, 3.05) is 13.6 Å². The van der Waals surface area contributed by atoms with Crippen molar-refractivity contribution in [3.63, 3.8) is 0 Å². The number of nitrogens with one attached hydrogen (secondary N) is 1. The first-order valence-corrected chi connectivity index (χ1v) is 7.41. The van der Waals surface area contributed by atoms with Gasteiger partial charge in [-0.1, -0.05) is 66.7 Å². The number of likely N-dealkylation sites (N-methyl/N-ethyl adjacent to an activating group) is 1. The van der Waals surface area contributed by atoms with Crippen LogP contribution in [-0.2, 0) is 11.3 Å². The van der Waals surface area contributed by atoms with Crippen LogP contribution >= 0.6 is 0 Å². The normalized spacial score (nSPS) is 11.9. The summed E-state index contributed by atoms with van der Waals surface area (Å²) in [4.78, 5) is 14.6. The highest BCUT2D eigenvalue weighted by Gasteiger charge is 2.26. The third-order valence-electron chi connectivity index (χ3n) is 3.57. The first kappa shape index (κ1) is 16.0. The van der Waals surface area contributed by atoms with E-state index in [-0.39, 0.29) is 11.9 Å². The van der Waals surface area contributed by atoms with E-state index in [9.17, 15) is 4.79 Å². The van der Waals surface area contributed by atoms with E-state index in [1.165, 1.54) is 5.56 Å². The number of carbonyl (C=O) groups excluding carboxylic acids is 1. The lowest BCUT2D eigenvalue weighted by molar-refractivity contribution is -0.126. The second-order valence-electron chi connectivity index (χ2n) is 5.13. The first-order valence-electron chi connectivity index (χ1n) is 7.41. The third kappa shape index (κ3) is 4.06. The summed E-state index contributed by atoms with van der Waals surface area (Å²) in [5.74, 6) is -0.0102. The number of nitrogens with zero attached hydrogens (tertiary/aromatic N) is 1. The summed E-state index contributed by atoms with van der Waals surface area (Å²) in [5.41, 5.74) is 2.16. The monoisotopic (exact) mass is 294 g/mol. The molecule has 0 fully saturated rings. The lowest BCUT2D eigenvalue weighted by Gasteiger charge is -2.30. The van der Waals surface area contributed by atoms with Gasteiger partial charge in [0.1, 0.15) is 6.04 Å². The molecule has 1 amide bonds. The molecule has 0 radical (unpaired) electrons. The Morgan fingerprint density at radius 1 is 1.14 bits per heavy atom. The van der Waals surface area contributed by atoms with Crippen LogP contribution in [0.1, 0.15) is 17.2 Å². The highest BCUT2D eigenvalue weighted by molar-refractivity contribution is 5.82. The molecule has 2 aromatic rings. The van der Waals surface area contributed by atoms with E-state index in [1.54, 1.807) is 7.05 Å². The summed E-state index contributed by atoms with van der Waals surface area (Å²) in [7, 11) is 1.67. The molecule has 1 atom stereocenters. The average molecular weight is 294 g/mol. The summed E-state index contributed by atoms with van der Waals surface area (Å²) in [6.07, 6.45) is 1.84. The van der Waals surface area contributed by atoms with Gasteiger partial charge in [0.15, 0.2) is 0 Å². The quantitative estimate of drug-likeness (QED) is 0.796. The zero-order chi connectivity index (χ0) is 15.8. The largest absolute Gasteiger partial charge is 0.358 e. The maximum absolute atomic E-state index is 12.4. The lowest BCUT2D eigenvalue weighted by Crippen LogP contribution is -2.39. The van der Waals surface area contributed by atoms with Gasteiger partial charge in [0.25, 0.3) is 0 Å². The van der Waals surface area contributed by atoms with Crippen molar-refractivity contribution in [1.29, 1.82) is 0 Å². The molecule has 0 aromatic heterocycles. The van der Waals surface area contributed by atoms with Gasteiger partial charge in [-0.2, -0.15) is 0 Å². The molecule has 0 saturated carbocycles. The van der Waals surface area contributed by atoms with Crippen molar-refractivity contribution in [2.24, 2.45) is 0 Å². The van der Waals surface area contributed by atoms with Gasteiger partial charge in [0.2, 0.25) is 5.91 Å². The van der Waals surface area contributed by atoms with Crippen molar-refractivity contribution in [3.05, 3.63) is 84.4 Å². The van der Waals surface area contributed by atoms with E-state index in [0.717, 1.165) is 5.56 Å². The van der Waals surface area contributed by atoms with E-state index < -0.39 is 0 Å². The molecule has 2 rings (SSSR count). The molecule has 3 heteroatoms. The molecule has 1 N–H and O–H groups in total. The van der Waals surface area contributed by atoms with Gasteiger partial charge >= 0.3 is 0 Å². The average Bonchev–Trinajstić information content (AvgIpc) is 2.57. The Bertz CT molecular complexity index is 595. The highest BCUT2D eigenvalue weighted by atomic mass is 16.2. The van der Waals surface area contributed by atoms with Gasteiger partial charge in [0.05, 0.1) is 0 Å². The molecule has 0 bridgehead atoms. The Balaban J connectivity index is 2.32. The molecule has 0 aliphatic carbocycles. The molecule has 114 valence electrons. The fraction of sp³-hybridized carbons (Fsp3) is 0.211. The Kier molecular flexibility index (Phi) is 5.92. The molecule has 1 unspecified atom stereocenters. The number of hydrogen-bond acceptors (Lipinski definition) is 2. The van der Waals surface area contributed by atoms with Crippen LogP contribution in [0.3, 0.4) is 0 Å². The molecule has 0 aliphatic rings. The van der Waals surface area contributed by atoms with E-state index in [1.807, 2.05) is 54.6 Å². The van der Waals surface area contributed by atoms with E-state index >= 15 is 0 Å². The number of carbonyl (C=O) groups is 1. The summed E-state index contributed by atoms with van der Waals surface area (Å²) < 4.78 is 0. The Labute approximate surface area is 132 Å². The second-order valence-corrected chi connectivity index (χ2v) is 5.13. The van der Waals surface area contributed by atoms with E-state index in [2.05, 4.69) is 28.9 Å². The van der Waals surface area contributed by atoms with Gasteiger partial charge in [0, 0.05) is 20.1 Å². The molecule has 2 aromatic carbocycles.